The fourth-order valence-corrected chi connectivity index (χ4v) is 9.87. The van der Waals surface area contributed by atoms with Gasteiger partial charge < -0.3 is 9.32 Å². The zero-order valence-electron chi connectivity index (χ0n) is 28.9. The minimum atomic E-state index is 0.874. The van der Waals surface area contributed by atoms with Gasteiger partial charge in [0.05, 0.1) is 21.3 Å². The minimum absolute atomic E-state index is 0.874. The summed E-state index contributed by atoms with van der Waals surface area (Å²) in [5.41, 5.74) is 12.0. The van der Waals surface area contributed by atoms with E-state index in [4.69, 9.17) is 9.40 Å². The molecule has 0 bridgehead atoms. The van der Waals surface area contributed by atoms with Crippen LogP contribution in [-0.4, -0.2) is 4.98 Å². The Labute approximate surface area is 319 Å². The molecular weight excluding hydrogens is 697 g/mol. The van der Waals surface area contributed by atoms with Crippen LogP contribution in [-0.2, 0) is 0 Å². The molecule has 0 amide bonds. The summed E-state index contributed by atoms with van der Waals surface area (Å²) in [7, 11) is 0. The van der Waals surface area contributed by atoms with Crippen LogP contribution in [0.15, 0.2) is 186 Å². The Balaban J connectivity index is 1.00. The first kappa shape index (κ1) is 31.0. The van der Waals surface area contributed by atoms with Crippen molar-refractivity contribution in [1.82, 2.24) is 4.98 Å². The van der Waals surface area contributed by atoms with Crippen molar-refractivity contribution in [1.29, 1.82) is 0 Å². The molecule has 0 aliphatic heterocycles. The number of nitrogens with zero attached hydrogens (tertiary/aromatic N) is 2. The molecule has 54 heavy (non-hydrogen) atoms. The summed E-state index contributed by atoms with van der Waals surface area (Å²) >= 11 is 3.61. The zero-order chi connectivity index (χ0) is 35.6. The molecule has 3 aromatic heterocycles. The molecule has 11 aromatic rings. The minimum Gasteiger partial charge on any atom is -0.456 e. The Bertz CT molecular complexity index is 3140. The van der Waals surface area contributed by atoms with Gasteiger partial charge in [0.25, 0.3) is 0 Å². The number of fused-ring (bicyclic) bond motifs is 8. The highest BCUT2D eigenvalue weighted by Crippen LogP contribution is 2.45. The van der Waals surface area contributed by atoms with Crippen molar-refractivity contribution in [3.63, 3.8) is 0 Å². The lowest BCUT2D eigenvalue weighted by molar-refractivity contribution is 0.669. The molecule has 8 aromatic carbocycles. The van der Waals surface area contributed by atoms with Crippen molar-refractivity contribution in [3.05, 3.63) is 182 Å². The van der Waals surface area contributed by atoms with E-state index >= 15 is 0 Å². The third kappa shape index (κ3) is 5.12. The number of aromatic nitrogens is 1. The molecule has 0 aliphatic rings. The second-order valence-corrected chi connectivity index (χ2v) is 15.6. The van der Waals surface area contributed by atoms with Crippen molar-refractivity contribution in [3.8, 4) is 32.8 Å². The lowest BCUT2D eigenvalue weighted by atomic mass is 10.0. The van der Waals surface area contributed by atoms with Gasteiger partial charge in [-0.15, -0.1) is 22.7 Å². The van der Waals surface area contributed by atoms with E-state index in [9.17, 15) is 0 Å². The molecule has 3 heterocycles. The second-order valence-electron chi connectivity index (χ2n) is 13.5. The third-order valence-corrected chi connectivity index (χ3v) is 12.5. The number of thiazole rings is 1. The number of para-hydroxylation sites is 1. The van der Waals surface area contributed by atoms with Crippen LogP contribution >= 0.6 is 22.7 Å². The maximum absolute atomic E-state index is 6.34. The molecular formula is C49H30N2OS2. The lowest BCUT2D eigenvalue weighted by Crippen LogP contribution is -2.10. The number of benzene rings is 8. The van der Waals surface area contributed by atoms with Gasteiger partial charge in [0.15, 0.2) is 0 Å². The van der Waals surface area contributed by atoms with Crippen molar-refractivity contribution < 1.29 is 4.42 Å². The number of hydrogen-bond acceptors (Lipinski definition) is 5. The molecule has 0 radical (unpaired) electrons. The summed E-state index contributed by atoms with van der Waals surface area (Å²) in [5.74, 6) is 0. The van der Waals surface area contributed by atoms with E-state index in [2.05, 4.69) is 175 Å². The van der Waals surface area contributed by atoms with Gasteiger partial charge in [0.2, 0.25) is 0 Å². The van der Waals surface area contributed by atoms with Gasteiger partial charge in [-0.3, -0.25) is 0 Å². The maximum Gasteiger partial charge on any atom is 0.137 e. The monoisotopic (exact) mass is 726 g/mol. The van der Waals surface area contributed by atoms with E-state index in [1.165, 1.54) is 47.1 Å². The summed E-state index contributed by atoms with van der Waals surface area (Å²) in [5, 5.41) is 5.78. The van der Waals surface area contributed by atoms with Crippen LogP contribution in [0, 0.1) is 0 Å². The van der Waals surface area contributed by atoms with Crippen LogP contribution in [0.3, 0.4) is 0 Å². The summed E-state index contributed by atoms with van der Waals surface area (Å²) in [6.07, 6.45) is 0. The second kappa shape index (κ2) is 12.6. The number of anilines is 3. The molecule has 254 valence electrons. The Hall–Kier alpha value is -6.53. The smallest absolute Gasteiger partial charge is 0.137 e. The van der Waals surface area contributed by atoms with Crippen LogP contribution in [0.5, 0.6) is 0 Å². The van der Waals surface area contributed by atoms with Crippen LogP contribution in [0.2, 0.25) is 0 Å². The predicted octanol–water partition coefficient (Wildman–Crippen LogP) is 15.0. The number of thiophene rings is 1. The predicted molar refractivity (Wildman–Crippen MR) is 231 cm³/mol. The third-order valence-electron chi connectivity index (χ3n) is 10.3. The molecule has 0 saturated heterocycles. The summed E-state index contributed by atoms with van der Waals surface area (Å²) in [6.45, 7) is 0. The van der Waals surface area contributed by atoms with E-state index in [1.54, 1.807) is 11.3 Å². The number of hydrogen-bond donors (Lipinski definition) is 0. The van der Waals surface area contributed by atoms with Crippen LogP contribution in [0.4, 0.5) is 17.1 Å². The Morgan fingerprint density at radius 3 is 1.78 bits per heavy atom. The average molecular weight is 727 g/mol. The lowest BCUT2D eigenvalue weighted by Gasteiger charge is -2.26. The summed E-state index contributed by atoms with van der Waals surface area (Å²) in [6, 6.07) is 64.8. The Morgan fingerprint density at radius 2 is 1.02 bits per heavy atom. The van der Waals surface area contributed by atoms with Gasteiger partial charge in [0.1, 0.15) is 16.2 Å². The summed E-state index contributed by atoms with van der Waals surface area (Å²) < 4.78 is 10.1. The fraction of sp³-hybridized carbons (Fsp3) is 0. The van der Waals surface area contributed by atoms with E-state index in [-0.39, 0.29) is 0 Å². The molecule has 11 rings (SSSR count). The zero-order valence-corrected chi connectivity index (χ0v) is 30.6. The molecule has 0 unspecified atom stereocenters. The first-order valence-electron chi connectivity index (χ1n) is 18.0. The SMILES string of the molecule is c1ccc(-c2ccc(N(c3ccc(-c4ccc5c(c4)sc4ccc6sc(-c7ccccc7)nc6c45)cc3)c3cccc4oc5ccccc5c34)cc2)cc1. The van der Waals surface area contributed by atoms with Gasteiger partial charge in [-0.05, 0) is 82.9 Å². The quantitative estimate of drug-likeness (QED) is 0.171. The van der Waals surface area contributed by atoms with Gasteiger partial charge in [0, 0.05) is 42.5 Å². The van der Waals surface area contributed by atoms with Gasteiger partial charge in [-0.25, -0.2) is 4.98 Å². The van der Waals surface area contributed by atoms with E-state index in [1.807, 2.05) is 23.5 Å². The van der Waals surface area contributed by atoms with Gasteiger partial charge in [-0.2, -0.15) is 0 Å². The summed E-state index contributed by atoms with van der Waals surface area (Å²) in [4.78, 5) is 7.51. The van der Waals surface area contributed by atoms with E-state index < -0.39 is 0 Å². The number of furan rings is 1. The number of rotatable bonds is 6. The van der Waals surface area contributed by atoms with Crippen molar-refractivity contribution >= 4 is 92.1 Å². The highest BCUT2D eigenvalue weighted by molar-refractivity contribution is 7.26. The molecule has 0 fully saturated rings. The Kier molecular flexibility index (Phi) is 7.22. The van der Waals surface area contributed by atoms with Crippen molar-refractivity contribution in [2.24, 2.45) is 0 Å². The molecule has 0 aliphatic carbocycles. The Morgan fingerprint density at radius 1 is 0.407 bits per heavy atom. The highest BCUT2D eigenvalue weighted by atomic mass is 32.1. The standard InChI is InChI=1S/C49H30N2OS2/c1-3-10-31(11-4-1)32-18-23-36(24-19-32)51(40-15-9-17-42-46(40)38-14-7-8-16-41(38)52-42)37-25-20-33(21-26-37)35-22-27-39-45(30-35)53-43-28-29-44-48(47(39)43)50-49(54-44)34-12-5-2-6-13-34/h1-30H. The highest BCUT2D eigenvalue weighted by Gasteiger charge is 2.20. The van der Waals surface area contributed by atoms with Gasteiger partial charge >= 0.3 is 0 Å². The largest absolute Gasteiger partial charge is 0.456 e. The van der Waals surface area contributed by atoms with Crippen LogP contribution in [0.1, 0.15) is 0 Å². The topological polar surface area (TPSA) is 29.3 Å². The first-order valence-corrected chi connectivity index (χ1v) is 19.7. The molecule has 0 atom stereocenters. The van der Waals surface area contributed by atoms with Crippen LogP contribution < -0.4 is 4.90 Å². The average Bonchev–Trinajstić information content (AvgIpc) is 3.95. The molecule has 0 spiro atoms. The van der Waals surface area contributed by atoms with Gasteiger partial charge in [-0.1, -0.05) is 121 Å². The maximum atomic E-state index is 6.34. The first-order chi connectivity index (χ1) is 26.7. The van der Waals surface area contributed by atoms with Crippen molar-refractivity contribution in [2.45, 2.75) is 0 Å². The molecule has 0 N–H and O–H groups in total. The molecule has 3 nitrogen and oxygen atoms in total. The van der Waals surface area contributed by atoms with E-state index in [0.717, 1.165) is 55.1 Å². The van der Waals surface area contributed by atoms with Crippen molar-refractivity contribution in [2.75, 3.05) is 4.90 Å². The van der Waals surface area contributed by atoms with Crippen LogP contribution in [0.25, 0.3) is 85.2 Å². The molecule has 5 heteroatoms. The normalized spacial score (nSPS) is 11.7. The molecule has 0 saturated carbocycles. The van der Waals surface area contributed by atoms with E-state index in [0.29, 0.717) is 0 Å². The fourth-order valence-electron chi connectivity index (χ4n) is 7.74.